The molecule has 1 saturated heterocycles. The van der Waals surface area contributed by atoms with E-state index in [4.69, 9.17) is 21.7 Å². The Bertz CT molecular complexity index is 789. The lowest BCUT2D eigenvalue weighted by Gasteiger charge is -2.27. The normalized spacial score (nSPS) is 18.0. The van der Waals surface area contributed by atoms with Crippen LogP contribution in [-0.2, 0) is 28.8 Å². The van der Waals surface area contributed by atoms with Crippen molar-refractivity contribution >= 4 is 35.5 Å². The van der Waals surface area contributed by atoms with Crippen molar-refractivity contribution < 1.29 is 39.0 Å². The minimum Gasteiger partial charge on any atom is -0.480 e. The average molecular weight is 487 g/mol. The van der Waals surface area contributed by atoms with Gasteiger partial charge in [-0.2, -0.15) is 0 Å². The van der Waals surface area contributed by atoms with Gasteiger partial charge < -0.3 is 42.5 Å². The number of carbonyl (C=O) groups is 6. The molecule has 1 aliphatic rings. The number of carbonyl (C=O) groups excluding carboxylic acids is 5. The molecule has 0 saturated carbocycles. The Kier molecular flexibility index (Phi) is 11.4. The third-order valence-electron chi connectivity index (χ3n) is 5.34. The zero-order valence-electron chi connectivity index (χ0n) is 19.3. The number of nitrogens with two attached hydrogens (primary N) is 2. The lowest BCUT2D eigenvalue weighted by Crippen LogP contribution is -2.56. The summed E-state index contributed by atoms with van der Waals surface area (Å²) in [5, 5.41) is 25.0. The SMILES string of the molecule is CC(C)[C@H](NC(=O)CNC(=O)[C@@H]1CCCN1C(=O)[C@@H](N)CCC(N)=O)C(=O)N[C@@H](CO)C(=O)O. The molecule has 0 unspecified atom stereocenters. The fourth-order valence-electron chi connectivity index (χ4n) is 3.43. The first-order valence-corrected chi connectivity index (χ1v) is 10.9. The number of nitrogens with one attached hydrogen (secondary N) is 3. The van der Waals surface area contributed by atoms with E-state index in [1.807, 2.05) is 0 Å². The van der Waals surface area contributed by atoms with Crippen LogP contribution in [0.15, 0.2) is 0 Å². The predicted molar refractivity (Wildman–Crippen MR) is 118 cm³/mol. The van der Waals surface area contributed by atoms with Gasteiger partial charge in [0.15, 0.2) is 0 Å². The Hall–Kier alpha value is -3.26. The van der Waals surface area contributed by atoms with E-state index in [0.717, 1.165) is 0 Å². The summed E-state index contributed by atoms with van der Waals surface area (Å²) in [6.45, 7) is 2.25. The molecule has 1 aliphatic heterocycles. The van der Waals surface area contributed by atoms with Crippen molar-refractivity contribution in [2.45, 2.75) is 63.7 Å². The smallest absolute Gasteiger partial charge is 0.328 e. The minimum atomic E-state index is -1.52. The number of carboxylic acid groups (broad SMARTS) is 1. The molecule has 9 N–H and O–H groups in total. The summed E-state index contributed by atoms with van der Waals surface area (Å²) in [5.41, 5.74) is 10.9. The van der Waals surface area contributed by atoms with Gasteiger partial charge in [0.1, 0.15) is 18.1 Å². The number of hydrogen-bond acceptors (Lipinski definition) is 8. The number of aliphatic carboxylic acids is 1. The summed E-state index contributed by atoms with van der Waals surface area (Å²) in [4.78, 5) is 73.0. The van der Waals surface area contributed by atoms with Crippen LogP contribution in [0.1, 0.15) is 39.5 Å². The van der Waals surface area contributed by atoms with Gasteiger partial charge in [0.05, 0.1) is 19.2 Å². The third kappa shape index (κ3) is 8.59. The van der Waals surface area contributed by atoms with E-state index >= 15 is 0 Å². The van der Waals surface area contributed by atoms with E-state index in [1.54, 1.807) is 13.8 Å². The number of aliphatic hydroxyl groups excluding tert-OH is 1. The lowest BCUT2D eigenvalue weighted by atomic mass is 10.0. The summed E-state index contributed by atoms with van der Waals surface area (Å²) in [5.74, 6) is -5.00. The van der Waals surface area contributed by atoms with E-state index < -0.39 is 78.7 Å². The standard InChI is InChI=1S/C20H34N6O8/c1-10(2)16(18(31)24-12(9-27)20(33)34)25-15(29)8-23-17(30)13-4-3-7-26(13)19(32)11(21)5-6-14(22)28/h10-13,16,27H,3-9,21H2,1-2H3,(H2,22,28)(H,23,30)(H,24,31)(H,25,29)(H,33,34)/t11-,12-,13-,16-/m0/s1. The van der Waals surface area contributed by atoms with E-state index in [1.165, 1.54) is 4.90 Å². The number of rotatable bonds is 13. The van der Waals surface area contributed by atoms with Crippen LogP contribution in [0.3, 0.4) is 0 Å². The largest absolute Gasteiger partial charge is 0.480 e. The van der Waals surface area contributed by atoms with Crippen LogP contribution < -0.4 is 27.4 Å². The Morgan fingerprint density at radius 3 is 2.29 bits per heavy atom. The van der Waals surface area contributed by atoms with Gasteiger partial charge in [-0.15, -0.1) is 0 Å². The monoisotopic (exact) mass is 486 g/mol. The predicted octanol–water partition coefficient (Wildman–Crippen LogP) is -3.61. The van der Waals surface area contributed by atoms with E-state index in [0.29, 0.717) is 19.4 Å². The molecule has 14 heteroatoms. The Labute approximate surface area is 196 Å². The Morgan fingerprint density at radius 1 is 1.12 bits per heavy atom. The summed E-state index contributed by atoms with van der Waals surface area (Å²) in [6, 6.07) is -4.44. The summed E-state index contributed by atoms with van der Waals surface area (Å²) in [7, 11) is 0. The van der Waals surface area contributed by atoms with Crippen molar-refractivity contribution in [1.82, 2.24) is 20.9 Å². The van der Waals surface area contributed by atoms with E-state index in [2.05, 4.69) is 16.0 Å². The fourth-order valence-corrected chi connectivity index (χ4v) is 3.43. The van der Waals surface area contributed by atoms with Crippen molar-refractivity contribution in [1.29, 1.82) is 0 Å². The summed E-state index contributed by atoms with van der Waals surface area (Å²) in [6.07, 6.45) is 0.924. The quantitative estimate of drug-likeness (QED) is 0.136. The highest BCUT2D eigenvalue weighted by atomic mass is 16.4. The fraction of sp³-hybridized carbons (Fsp3) is 0.700. The lowest BCUT2D eigenvalue weighted by molar-refractivity contribution is -0.143. The van der Waals surface area contributed by atoms with Gasteiger partial charge in [-0.25, -0.2) is 4.79 Å². The van der Waals surface area contributed by atoms with Crippen molar-refractivity contribution in [2.24, 2.45) is 17.4 Å². The maximum atomic E-state index is 12.6. The highest BCUT2D eigenvalue weighted by molar-refractivity contribution is 5.94. The molecule has 0 radical (unpaired) electrons. The van der Waals surface area contributed by atoms with E-state index in [9.17, 15) is 28.8 Å². The minimum absolute atomic E-state index is 0.0546. The first-order valence-electron chi connectivity index (χ1n) is 10.9. The van der Waals surface area contributed by atoms with Crippen molar-refractivity contribution in [3.63, 3.8) is 0 Å². The van der Waals surface area contributed by atoms with Gasteiger partial charge in [-0.1, -0.05) is 13.8 Å². The van der Waals surface area contributed by atoms with Crippen LogP contribution in [0.5, 0.6) is 0 Å². The number of amides is 5. The van der Waals surface area contributed by atoms with Gasteiger partial charge in [0.25, 0.3) is 0 Å². The topological polar surface area (TPSA) is 234 Å². The number of aliphatic hydroxyl groups is 1. The molecule has 0 aromatic heterocycles. The van der Waals surface area contributed by atoms with E-state index in [-0.39, 0.29) is 12.8 Å². The molecule has 0 aromatic carbocycles. The molecule has 14 nitrogen and oxygen atoms in total. The molecule has 1 heterocycles. The molecule has 1 rings (SSSR count). The average Bonchev–Trinajstić information content (AvgIpc) is 3.26. The number of nitrogens with zero attached hydrogens (tertiary/aromatic N) is 1. The highest BCUT2D eigenvalue weighted by Gasteiger charge is 2.36. The van der Waals surface area contributed by atoms with Gasteiger partial charge >= 0.3 is 5.97 Å². The molecule has 0 aliphatic carbocycles. The van der Waals surface area contributed by atoms with Crippen LogP contribution in [0.4, 0.5) is 0 Å². The maximum absolute atomic E-state index is 12.6. The third-order valence-corrected chi connectivity index (χ3v) is 5.34. The number of carboxylic acids is 1. The molecular formula is C20H34N6O8. The molecule has 0 spiro atoms. The summed E-state index contributed by atoms with van der Waals surface area (Å²) < 4.78 is 0. The first kappa shape index (κ1) is 28.8. The second-order valence-electron chi connectivity index (χ2n) is 8.39. The zero-order chi connectivity index (χ0) is 26.0. The molecule has 0 aromatic rings. The van der Waals surface area contributed by atoms with Gasteiger partial charge in [-0.3, -0.25) is 24.0 Å². The molecule has 192 valence electrons. The van der Waals surface area contributed by atoms with Gasteiger partial charge in [-0.05, 0) is 25.2 Å². The van der Waals surface area contributed by atoms with Crippen LogP contribution in [0.25, 0.3) is 0 Å². The van der Waals surface area contributed by atoms with Crippen LogP contribution in [0, 0.1) is 5.92 Å². The van der Waals surface area contributed by atoms with Crippen molar-refractivity contribution in [2.75, 3.05) is 19.7 Å². The van der Waals surface area contributed by atoms with Crippen LogP contribution in [0.2, 0.25) is 0 Å². The Balaban J connectivity index is 2.66. The van der Waals surface area contributed by atoms with Crippen molar-refractivity contribution in [3.8, 4) is 0 Å². The first-order chi connectivity index (χ1) is 15.9. The number of likely N-dealkylation sites (tertiary alicyclic amines) is 1. The number of hydrogen-bond donors (Lipinski definition) is 7. The molecule has 5 amide bonds. The second kappa shape index (κ2) is 13.4. The van der Waals surface area contributed by atoms with Crippen molar-refractivity contribution in [3.05, 3.63) is 0 Å². The summed E-state index contributed by atoms with van der Waals surface area (Å²) >= 11 is 0. The molecular weight excluding hydrogens is 452 g/mol. The molecule has 4 atom stereocenters. The second-order valence-corrected chi connectivity index (χ2v) is 8.39. The van der Waals surface area contributed by atoms with Gasteiger partial charge in [0.2, 0.25) is 29.5 Å². The van der Waals surface area contributed by atoms with Crippen LogP contribution in [-0.4, -0.2) is 94.5 Å². The molecule has 1 fully saturated rings. The van der Waals surface area contributed by atoms with Crippen LogP contribution >= 0.6 is 0 Å². The number of primary amides is 1. The highest BCUT2D eigenvalue weighted by Crippen LogP contribution is 2.19. The Morgan fingerprint density at radius 2 is 1.76 bits per heavy atom. The molecule has 0 bridgehead atoms. The zero-order valence-corrected chi connectivity index (χ0v) is 19.3. The maximum Gasteiger partial charge on any atom is 0.328 e. The molecule has 34 heavy (non-hydrogen) atoms. The van der Waals surface area contributed by atoms with Gasteiger partial charge in [0, 0.05) is 13.0 Å².